The van der Waals surface area contributed by atoms with Crippen LogP contribution in [0.3, 0.4) is 0 Å². The molecule has 0 aliphatic carbocycles. The van der Waals surface area contributed by atoms with Crippen LogP contribution in [0.4, 0.5) is 0 Å². The minimum absolute atomic E-state index is 0. The van der Waals surface area contributed by atoms with E-state index in [-0.39, 0.29) is 30.7 Å². The summed E-state index contributed by atoms with van der Waals surface area (Å²) in [5.74, 6) is 0.182. The van der Waals surface area contributed by atoms with Crippen LogP contribution in [-0.2, 0) is 4.79 Å². The fourth-order valence-corrected chi connectivity index (χ4v) is 2.66. The van der Waals surface area contributed by atoms with E-state index >= 15 is 0 Å². The highest BCUT2D eigenvalue weighted by atomic mass is 35.5. The highest BCUT2D eigenvalue weighted by Crippen LogP contribution is 2.08. The van der Waals surface area contributed by atoms with Gasteiger partial charge in [-0.2, -0.15) is 0 Å². The summed E-state index contributed by atoms with van der Waals surface area (Å²) in [5, 5.41) is 6.38. The van der Waals surface area contributed by atoms with E-state index in [9.17, 15) is 4.79 Å². The summed E-state index contributed by atoms with van der Waals surface area (Å²) >= 11 is 0. The van der Waals surface area contributed by atoms with Gasteiger partial charge in [0, 0.05) is 37.6 Å². The predicted molar refractivity (Wildman–Crippen MR) is 90.1 cm³/mol. The number of amides is 1. The Balaban J connectivity index is 0. The highest BCUT2D eigenvalue weighted by molar-refractivity contribution is 5.85. The van der Waals surface area contributed by atoms with Crippen LogP contribution in [0.2, 0.25) is 0 Å². The van der Waals surface area contributed by atoms with E-state index in [0.717, 1.165) is 26.1 Å². The fourth-order valence-electron chi connectivity index (χ4n) is 2.66. The van der Waals surface area contributed by atoms with Gasteiger partial charge >= 0.3 is 0 Å². The standard InChI is InChI=1S/C14H29N3O.2ClH/c1-11(2)17(12(3)4)9-8-16-14(18)10-13-6-5-7-15-13;;/h11-13,15H,5-10H2,1-4H3,(H,16,18);2*1H. The van der Waals surface area contributed by atoms with Crippen molar-refractivity contribution in [3.8, 4) is 0 Å². The molecule has 0 spiro atoms. The van der Waals surface area contributed by atoms with Gasteiger partial charge in [0.2, 0.25) is 5.91 Å². The van der Waals surface area contributed by atoms with Crippen LogP contribution < -0.4 is 10.6 Å². The van der Waals surface area contributed by atoms with Crippen LogP contribution in [0, 0.1) is 0 Å². The second-order valence-corrected chi connectivity index (χ2v) is 5.77. The third-order valence-corrected chi connectivity index (χ3v) is 3.61. The molecule has 4 nitrogen and oxygen atoms in total. The SMILES string of the molecule is CC(C)N(CCNC(=O)CC1CCCN1)C(C)C.Cl.Cl. The zero-order chi connectivity index (χ0) is 13.5. The van der Waals surface area contributed by atoms with Gasteiger partial charge in [0.1, 0.15) is 0 Å². The molecular formula is C14H31Cl2N3O. The second kappa shape index (κ2) is 11.6. The molecule has 1 heterocycles. The molecule has 1 aliphatic heterocycles. The lowest BCUT2D eigenvalue weighted by atomic mass is 10.1. The molecule has 0 saturated carbocycles. The Hall–Kier alpha value is -0.0300. The number of nitrogens with zero attached hydrogens (tertiary/aromatic N) is 1. The highest BCUT2D eigenvalue weighted by Gasteiger charge is 2.18. The molecule has 6 heteroatoms. The maximum atomic E-state index is 11.8. The van der Waals surface area contributed by atoms with Gasteiger partial charge in [0.05, 0.1) is 0 Å². The van der Waals surface area contributed by atoms with Crippen molar-refractivity contribution >= 4 is 30.7 Å². The molecule has 20 heavy (non-hydrogen) atoms. The summed E-state index contributed by atoms with van der Waals surface area (Å²) in [7, 11) is 0. The number of carbonyl (C=O) groups excluding carboxylic acids is 1. The van der Waals surface area contributed by atoms with Gasteiger partial charge in [-0.05, 0) is 47.1 Å². The lowest BCUT2D eigenvalue weighted by molar-refractivity contribution is -0.121. The Kier molecular flexibility index (Phi) is 12.9. The van der Waals surface area contributed by atoms with E-state index in [2.05, 4.69) is 43.2 Å². The van der Waals surface area contributed by atoms with Crippen molar-refractivity contribution < 1.29 is 4.79 Å². The molecule has 0 aromatic heterocycles. The first-order chi connectivity index (χ1) is 8.50. The first kappa shape index (κ1) is 22.3. The lowest BCUT2D eigenvalue weighted by Crippen LogP contribution is -2.43. The molecule has 1 amide bonds. The minimum atomic E-state index is 0. The van der Waals surface area contributed by atoms with E-state index in [1.807, 2.05) is 0 Å². The van der Waals surface area contributed by atoms with Crippen molar-refractivity contribution in [1.29, 1.82) is 0 Å². The first-order valence-corrected chi connectivity index (χ1v) is 7.26. The molecule has 1 saturated heterocycles. The van der Waals surface area contributed by atoms with Gasteiger partial charge in [-0.25, -0.2) is 0 Å². The summed E-state index contributed by atoms with van der Waals surface area (Å²) in [6.07, 6.45) is 2.97. The Labute approximate surface area is 136 Å². The zero-order valence-electron chi connectivity index (χ0n) is 13.1. The summed E-state index contributed by atoms with van der Waals surface area (Å²) in [6.45, 7) is 11.5. The molecule has 0 radical (unpaired) electrons. The fraction of sp³-hybridized carbons (Fsp3) is 0.929. The van der Waals surface area contributed by atoms with E-state index in [0.29, 0.717) is 24.5 Å². The topological polar surface area (TPSA) is 44.4 Å². The number of nitrogens with one attached hydrogen (secondary N) is 2. The monoisotopic (exact) mass is 327 g/mol. The molecule has 0 aromatic rings. The predicted octanol–water partition coefficient (Wildman–Crippen LogP) is 2.21. The quantitative estimate of drug-likeness (QED) is 0.753. The molecule has 1 fully saturated rings. The molecule has 2 N–H and O–H groups in total. The van der Waals surface area contributed by atoms with Gasteiger partial charge < -0.3 is 10.6 Å². The van der Waals surface area contributed by atoms with Gasteiger partial charge in [-0.15, -0.1) is 24.8 Å². The van der Waals surface area contributed by atoms with Crippen molar-refractivity contribution in [1.82, 2.24) is 15.5 Å². The van der Waals surface area contributed by atoms with Crippen molar-refractivity contribution in [2.45, 2.75) is 65.1 Å². The Morgan fingerprint density at radius 1 is 1.25 bits per heavy atom. The Morgan fingerprint density at radius 2 is 1.85 bits per heavy atom. The third-order valence-electron chi connectivity index (χ3n) is 3.61. The third kappa shape index (κ3) is 8.30. The van der Waals surface area contributed by atoms with Crippen LogP contribution in [0.25, 0.3) is 0 Å². The Bertz CT molecular complexity index is 249. The largest absolute Gasteiger partial charge is 0.355 e. The van der Waals surface area contributed by atoms with Crippen LogP contribution in [-0.4, -0.2) is 48.6 Å². The summed E-state index contributed by atoms with van der Waals surface area (Å²) in [4.78, 5) is 14.1. The molecule has 122 valence electrons. The van der Waals surface area contributed by atoms with Gasteiger partial charge in [-0.1, -0.05) is 0 Å². The molecular weight excluding hydrogens is 297 g/mol. The zero-order valence-corrected chi connectivity index (χ0v) is 14.8. The summed E-state index contributed by atoms with van der Waals surface area (Å²) < 4.78 is 0. The number of hydrogen-bond acceptors (Lipinski definition) is 3. The number of halogens is 2. The molecule has 1 rings (SSSR count). The van der Waals surface area contributed by atoms with E-state index in [1.165, 1.54) is 6.42 Å². The normalized spacial score (nSPS) is 18.1. The van der Waals surface area contributed by atoms with Gasteiger partial charge in [0.25, 0.3) is 0 Å². The van der Waals surface area contributed by atoms with Crippen molar-refractivity contribution in [2.24, 2.45) is 0 Å². The summed E-state index contributed by atoms with van der Waals surface area (Å²) in [6, 6.07) is 1.45. The Morgan fingerprint density at radius 3 is 2.30 bits per heavy atom. The number of rotatable bonds is 7. The van der Waals surface area contributed by atoms with Crippen LogP contribution in [0.1, 0.15) is 47.0 Å². The van der Waals surface area contributed by atoms with Crippen LogP contribution in [0.5, 0.6) is 0 Å². The van der Waals surface area contributed by atoms with Crippen LogP contribution >= 0.6 is 24.8 Å². The van der Waals surface area contributed by atoms with E-state index in [4.69, 9.17) is 0 Å². The van der Waals surface area contributed by atoms with E-state index < -0.39 is 0 Å². The van der Waals surface area contributed by atoms with E-state index in [1.54, 1.807) is 0 Å². The van der Waals surface area contributed by atoms with Crippen molar-refractivity contribution in [2.75, 3.05) is 19.6 Å². The number of hydrogen-bond donors (Lipinski definition) is 2. The molecule has 1 atom stereocenters. The lowest BCUT2D eigenvalue weighted by Gasteiger charge is -2.30. The minimum Gasteiger partial charge on any atom is -0.355 e. The van der Waals surface area contributed by atoms with Crippen molar-refractivity contribution in [3.63, 3.8) is 0 Å². The first-order valence-electron chi connectivity index (χ1n) is 7.26. The average molecular weight is 328 g/mol. The van der Waals surface area contributed by atoms with Crippen molar-refractivity contribution in [3.05, 3.63) is 0 Å². The molecule has 1 aliphatic rings. The second-order valence-electron chi connectivity index (χ2n) is 5.77. The molecule has 0 bridgehead atoms. The maximum Gasteiger partial charge on any atom is 0.221 e. The number of carbonyl (C=O) groups is 1. The summed E-state index contributed by atoms with van der Waals surface area (Å²) in [5.41, 5.74) is 0. The van der Waals surface area contributed by atoms with Gasteiger partial charge in [-0.3, -0.25) is 9.69 Å². The average Bonchev–Trinajstić information content (AvgIpc) is 2.75. The van der Waals surface area contributed by atoms with Crippen LogP contribution in [0.15, 0.2) is 0 Å². The van der Waals surface area contributed by atoms with Gasteiger partial charge in [0.15, 0.2) is 0 Å². The molecule has 0 aromatic carbocycles. The smallest absolute Gasteiger partial charge is 0.221 e. The molecule has 1 unspecified atom stereocenters. The maximum absolute atomic E-state index is 11.8.